The Morgan fingerprint density at radius 3 is 2.90 bits per heavy atom. The highest BCUT2D eigenvalue weighted by Gasteiger charge is 2.22. The monoisotopic (exact) mass is 349 g/mol. The third kappa shape index (κ3) is 2.98. The summed E-state index contributed by atoms with van der Waals surface area (Å²) in [5.41, 5.74) is 1.38. The SMILES string of the molecule is CC(NC(=O)c1cn(C2CNC2)nn1)c1ccccc1Br. The second-order valence-electron chi connectivity index (χ2n) is 5.11. The van der Waals surface area contributed by atoms with Crippen molar-refractivity contribution in [1.82, 2.24) is 25.6 Å². The first kappa shape index (κ1) is 14.2. The van der Waals surface area contributed by atoms with E-state index in [0.29, 0.717) is 11.7 Å². The number of rotatable bonds is 4. The smallest absolute Gasteiger partial charge is 0.273 e. The molecule has 2 aromatic rings. The zero-order valence-electron chi connectivity index (χ0n) is 11.6. The van der Waals surface area contributed by atoms with Gasteiger partial charge >= 0.3 is 0 Å². The Morgan fingerprint density at radius 1 is 1.48 bits per heavy atom. The minimum Gasteiger partial charge on any atom is -0.344 e. The Kier molecular flexibility index (Phi) is 4.03. The first-order valence-corrected chi connectivity index (χ1v) is 7.62. The third-order valence-electron chi connectivity index (χ3n) is 3.60. The van der Waals surface area contributed by atoms with E-state index in [4.69, 9.17) is 0 Å². The summed E-state index contributed by atoms with van der Waals surface area (Å²) in [5.74, 6) is -0.211. The summed E-state index contributed by atoms with van der Waals surface area (Å²) in [7, 11) is 0. The molecule has 1 fully saturated rings. The van der Waals surface area contributed by atoms with E-state index in [-0.39, 0.29) is 11.9 Å². The second kappa shape index (κ2) is 5.95. The molecule has 2 N–H and O–H groups in total. The maximum absolute atomic E-state index is 12.2. The quantitative estimate of drug-likeness (QED) is 0.880. The number of aromatic nitrogens is 3. The fourth-order valence-electron chi connectivity index (χ4n) is 2.19. The molecular weight excluding hydrogens is 334 g/mol. The highest BCUT2D eigenvalue weighted by Crippen LogP contribution is 2.22. The zero-order chi connectivity index (χ0) is 14.8. The number of halogens is 1. The fraction of sp³-hybridized carbons (Fsp3) is 0.357. The number of nitrogens with zero attached hydrogens (tertiary/aromatic N) is 3. The van der Waals surface area contributed by atoms with E-state index in [2.05, 4.69) is 36.9 Å². The molecule has 0 spiro atoms. The topological polar surface area (TPSA) is 71.8 Å². The van der Waals surface area contributed by atoms with Crippen molar-refractivity contribution in [3.8, 4) is 0 Å². The molecule has 110 valence electrons. The van der Waals surface area contributed by atoms with Crippen molar-refractivity contribution in [3.05, 3.63) is 46.2 Å². The van der Waals surface area contributed by atoms with Crippen LogP contribution in [0.4, 0.5) is 0 Å². The Morgan fingerprint density at radius 2 is 2.24 bits per heavy atom. The van der Waals surface area contributed by atoms with E-state index in [1.165, 1.54) is 0 Å². The van der Waals surface area contributed by atoms with Crippen molar-refractivity contribution >= 4 is 21.8 Å². The number of benzene rings is 1. The van der Waals surface area contributed by atoms with Gasteiger partial charge in [0.25, 0.3) is 5.91 Å². The standard InChI is InChI=1S/C14H16BrN5O/c1-9(11-4-2-3-5-12(11)15)17-14(21)13-8-20(19-18-13)10-6-16-7-10/h2-5,8-10,16H,6-7H2,1H3,(H,17,21). The van der Waals surface area contributed by atoms with Crippen molar-refractivity contribution < 1.29 is 4.79 Å². The summed E-state index contributed by atoms with van der Waals surface area (Å²) >= 11 is 3.49. The van der Waals surface area contributed by atoms with Crippen molar-refractivity contribution in [2.45, 2.75) is 19.0 Å². The van der Waals surface area contributed by atoms with Gasteiger partial charge in [0.05, 0.1) is 18.3 Å². The van der Waals surface area contributed by atoms with Gasteiger partial charge in [0.2, 0.25) is 0 Å². The van der Waals surface area contributed by atoms with Gasteiger partial charge in [0, 0.05) is 17.6 Å². The molecule has 1 aliphatic heterocycles. The van der Waals surface area contributed by atoms with Crippen molar-refractivity contribution in [2.75, 3.05) is 13.1 Å². The minimum atomic E-state index is -0.211. The lowest BCUT2D eigenvalue weighted by molar-refractivity contribution is 0.0934. The van der Waals surface area contributed by atoms with Crippen LogP contribution in [0.15, 0.2) is 34.9 Å². The van der Waals surface area contributed by atoms with Gasteiger partial charge in [0.1, 0.15) is 0 Å². The first-order valence-electron chi connectivity index (χ1n) is 6.83. The molecule has 21 heavy (non-hydrogen) atoms. The van der Waals surface area contributed by atoms with Gasteiger partial charge in [-0.05, 0) is 18.6 Å². The highest BCUT2D eigenvalue weighted by atomic mass is 79.9. The molecule has 0 saturated carbocycles. The molecule has 1 amide bonds. The van der Waals surface area contributed by atoms with Crippen molar-refractivity contribution in [2.24, 2.45) is 0 Å². The van der Waals surface area contributed by atoms with Gasteiger partial charge in [-0.15, -0.1) is 5.10 Å². The summed E-state index contributed by atoms with van der Waals surface area (Å²) in [6, 6.07) is 8.02. The molecular formula is C14H16BrN5O. The van der Waals surface area contributed by atoms with Gasteiger partial charge < -0.3 is 10.6 Å². The molecule has 0 radical (unpaired) electrons. The molecule has 3 rings (SSSR count). The molecule has 2 heterocycles. The summed E-state index contributed by atoms with van der Waals surface area (Å²) in [5, 5.41) is 14.1. The van der Waals surface area contributed by atoms with Crippen LogP contribution in [0.3, 0.4) is 0 Å². The largest absolute Gasteiger partial charge is 0.344 e. The van der Waals surface area contributed by atoms with Crippen LogP contribution in [0.5, 0.6) is 0 Å². The molecule has 1 aromatic heterocycles. The summed E-state index contributed by atoms with van der Waals surface area (Å²) in [6.07, 6.45) is 1.70. The summed E-state index contributed by atoms with van der Waals surface area (Å²) in [4.78, 5) is 12.2. The normalized spacial score (nSPS) is 16.3. The fourth-order valence-corrected chi connectivity index (χ4v) is 2.82. The Balaban J connectivity index is 1.68. The maximum atomic E-state index is 12.2. The van der Waals surface area contributed by atoms with Crippen molar-refractivity contribution in [3.63, 3.8) is 0 Å². The third-order valence-corrected chi connectivity index (χ3v) is 4.32. The predicted molar refractivity (Wildman–Crippen MR) is 82.0 cm³/mol. The summed E-state index contributed by atoms with van der Waals surface area (Å²) < 4.78 is 2.72. The van der Waals surface area contributed by atoms with Gasteiger partial charge in [-0.2, -0.15) is 0 Å². The van der Waals surface area contributed by atoms with E-state index in [9.17, 15) is 4.79 Å². The van der Waals surface area contributed by atoms with E-state index in [1.54, 1.807) is 10.9 Å². The van der Waals surface area contributed by atoms with Crippen molar-refractivity contribution in [1.29, 1.82) is 0 Å². The van der Waals surface area contributed by atoms with Gasteiger partial charge in [-0.1, -0.05) is 39.3 Å². The Labute approximate surface area is 131 Å². The number of carbonyl (C=O) groups is 1. The molecule has 1 atom stereocenters. The number of nitrogens with one attached hydrogen (secondary N) is 2. The lowest BCUT2D eigenvalue weighted by atomic mass is 10.1. The summed E-state index contributed by atoms with van der Waals surface area (Å²) in [6.45, 7) is 3.69. The minimum absolute atomic E-state index is 0.108. The average molecular weight is 350 g/mol. The number of hydrogen-bond acceptors (Lipinski definition) is 4. The number of carbonyl (C=O) groups excluding carboxylic acids is 1. The lowest BCUT2D eigenvalue weighted by Gasteiger charge is -2.26. The lowest BCUT2D eigenvalue weighted by Crippen LogP contribution is -2.43. The number of hydrogen-bond donors (Lipinski definition) is 2. The predicted octanol–water partition coefficient (Wildman–Crippen LogP) is 1.68. The number of amides is 1. The first-order chi connectivity index (χ1) is 10.1. The molecule has 1 aromatic carbocycles. The van der Waals surface area contributed by atoms with Crippen LogP contribution in [-0.4, -0.2) is 34.0 Å². The highest BCUT2D eigenvalue weighted by molar-refractivity contribution is 9.10. The molecule has 1 aliphatic rings. The van der Waals surface area contributed by atoms with E-state index >= 15 is 0 Å². The van der Waals surface area contributed by atoms with Gasteiger partial charge in [-0.3, -0.25) is 4.79 Å². The van der Waals surface area contributed by atoms with Gasteiger partial charge in [0.15, 0.2) is 5.69 Å². The molecule has 1 saturated heterocycles. The van der Waals surface area contributed by atoms with Crippen LogP contribution < -0.4 is 10.6 Å². The van der Waals surface area contributed by atoms with E-state index in [0.717, 1.165) is 23.1 Å². The second-order valence-corrected chi connectivity index (χ2v) is 5.97. The Hall–Kier alpha value is -1.73. The van der Waals surface area contributed by atoms with E-state index < -0.39 is 0 Å². The Bertz CT molecular complexity index is 652. The average Bonchev–Trinajstić information content (AvgIpc) is 2.86. The molecule has 6 nitrogen and oxygen atoms in total. The zero-order valence-corrected chi connectivity index (χ0v) is 13.2. The van der Waals surface area contributed by atoms with Crippen LogP contribution in [0.25, 0.3) is 0 Å². The van der Waals surface area contributed by atoms with Crippen LogP contribution in [0.1, 0.15) is 35.1 Å². The van der Waals surface area contributed by atoms with Gasteiger partial charge in [-0.25, -0.2) is 4.68 Å². The van der Waals surface area contributed by atoms with Crippen LogP contribution in [0, 0.1) is 0 Å². The van der Waals surface area contributed by atoms with E-state index in [1.807, 2.05) is 31.2 Å². The molecule has 1 unspecified atom stereocenters. The van der Waals surface area contributed by atoms with Crippen LogP contribution >= 0.6 is 15.9 Å². The molecule has 0 aliphatic carbocycles. The van der Waals surface area contributed by atoms with Crippen LogP contribution in [0.2, 0.25) is 0 Å². The molecule has 0 bridgehead atoms. The maximum Gasteiger partial charge on any atom is 0.273 e. The van der Waals surface area contributed by atoms with Crippen LogP contribution in [-0.2, 0) is 0 Å². The molecule has 7 heteroatoms.